The van der Waals surface area contributed by atoms with Crippen LogP contribution in [0.25, 0.3) is 11.3 Å². The number of nitrogen functional groups attached to an aromatic ring is 1. The van der Waals surface area contributed by atoms with Crippen LogP contribution < -0.4 is 5.73 Å². The SMILES string of the molecule is Cc1ccc(-c2ncnc(N)c2C(C)C)c(C)c1. The molecular weight excluding hydrogens is 222 g/mol. The molecule has 0 amide bonds. The van der Waals surface area contributed by atoms with Gasteiger partial charge in [0.1, 0.15) is 12.1 Å². The molecule has 0 aliphatic rings. The minimum Gasteiger partial charge on any atom is -0.383 e. The molecule has 2 aromatic rings. The Morgan fingerprint density at radius 3 is 2.44 bits per heavy atom. The van der Waals surface area contributed by atoms with Crippen LogP contribution in [-0.4, -0.2) is 9.97 Å². The Labute approximate surface area is 108 Å². The third-order valence-corrected chi connectivity index (χ3v) is 3.13. The van der Waals surface area contributed by atoms with Crippen molar-refractivity contribution >= 4 is 5.82 Å². The molecule has 0 fully saturated rings. The van der Waals surface area contributed by atoms with Gasteiger partial charge in [0.25, 0.3) is 0 Å². The lowest BCUT2D eigenvalue weighted by molar-refractivity contribution is 0.854. The van der Waals surface area contributed by atoms with Crippen LogP contribution in [0.1, 0.15) is 36.5 Å². The summed E-state index contributed by atoms with van der Waals surface area (Å²) >= 11 is 0. The van der Waals surface area contributed by atoms with E-state index in [0.29, 0.717) is 11.7 Å². The Balaban J connectivity index is 2.67. The molecule has 0 unspecified atom stereocenters. The standard InChI is InChI=1S/C15H19N3/c1-9(2)13-14(17-8-18-15(13)16)12-6-5-10(3)7-11(12)4/h5-9H,1-4H3,(H2,16,17,18). The highest BCUT2D eigenvalue weighted by molar-refractivity contribution is 5.71. The predicted molar refractivity (Wildman–Crippen MR) is 75.4 cm³/mol. The maximum absolute atomic E-state index is 5.99. The molecule has 1 aromatic carbocycles. The van der Waals surface area contributed by atoms with Crippen molar-refractivity contribution in [2.45, 2.75) is 33.6 Å². The van der Waals surface area contributed by atoms with E-state index in [4.69, 9.17) is 5.73 Å². The lowest BCUT2D eigenvalue weighted by Gasteiger charge is -2.15. The van der Waals surface area contributed by atoms with Crippen LogP contribution in [0.4, 0.5) is 5.82 Å². The van der Waals surface area contributed by atoms with Gasteiger partial charge in [-0.15, -0.1) is 0 Å². The van der Waals surface area contributed by atoms with E-state index in [2.05, 4.69) is 55.9 Å². The van der Waals surface area contributed by atoms with E-state index < -0.39 is 0 Å². The first kappa shape index (κ1) is 12.6. The summed E-state index contributed by atoms with van der Waals surface area (Å²) in [7, 11) is 0. The van der Waals surface area contributed by atoms with Gasteiger partial charge in [0.2, 0.25) is 0 Å². The van der Waals surface area contributed by atoms with Crippen LogP contribution in [0.15, 0.2) is 24.5 Å². The maximum atomic E-state index is 5.99. The van der Waals surface area contributed by atoms with Gasteiger partial charge in [0.15, 0.2) is 0 Å². The summed E-state index contributed by atoms with van der Waals surface area (Å²) < 4.78 is 0. The summed E-state index contributed by atoms with van der Waals surface area (Å²) in [5.74, 6) is 0.886. The van der Waals surface area contributed by atoms with E-state index in [1.165, 1.54) is 17.5 Å². The molecule has 0 saturated carbocycles. The quantitative estimate of drug-likeness (QED) is 0.876. The van der Waals surface area contributed by atoms with Gasteiger partial charge in [0.05, 0.1) is 5.69 Å². The van der Waals surface area contributed by atoms with Gasteiger partial charge in [0, 0.05) is 11.1 Å². The van der Waals surface area contributed by atoms with Crippen molar-refractivity contribution in [3.63, 3.8) is 0 Å². The number of anilines is 1. The van der Waals surface area contributed by atoms with Gasteiger partial charge < -0.3 is 5.73 Å². The Hall–Kier alpha value is -1.90. The third-order valence-electron chi connectivity index (χ3n) is 3.13. The highest BCUT2D eigenvalue weighted by Gasteiger charge is 2.15. The molecule has 3 nitrogen and oxygen atoms in total. The zero-order valence-corrected chi connectivity index (χ0v) is 11.4. The summed E-state index contributed by atoms with van der Waals surface area (Å²) in [4.78, 5) is 8.53. The number of rotatable bonds is 2. The molecule has 2 rings (SSSR count). The molecule has 0 aliphatic heterocycles. The van der Waals surface area contributed by atoms with Crippen LogP contribution in [0.5, 0.6) is 0 Å². The van der Waals surface area contributed by atoms with E-state index >= 15 is 0 Å². The first-order valence-corrected chi connectivity index (χ1v) is 6.18. The molecule has 0 bridgehead atoms. The van der Waals surface area contributed by atoms with Crippen molar-refractivity contribution in [2.75, 3.05) is 5.73 Å². The Bertz CT molecular complexity index is 574. The number of benzene rings is 1. The first-order chi connectivity index (χ1) is 8.50. The van der Waals surface area contributed by atoms with Gasteiger partial charge in [-0.05, 0) is 25.3 Å². The van der Waals surface area contributed by atoms with Crippen molar-refractivity contribution in [3.05, 3.63) is 41.2 Å². The van der Waals surface area contributed by atoms with E-state index in [-0.39, 0.29) is 0 Å². The summed E-state index contributed by atoms with van der Waals surface area (Å²) in [6.07, 6.45) is 1.54. The van der Waals surface area contributed by atoms with Crippen LogP contribution >= 0.6 is 0 Å². The second-order valence-electron chi connectivity index (χ2n) is 4.99. The average Bonchev–Trinajstić information content (AvgIpc) is 2.28. The van der Waals surface area contributed by atoms with Gasteiger partial charge in [-0.1, -0.05) is 37.6 Å². The number of nitrogens with zero attached hydrogens (tertiary/aromatic N) is 2. The molecule has 0 spiro atoms. The molecule has 1 aromatic heterocycles. The predicted octanol–water partition coefficient (Wildman–Crippen LogP) is 3.47. The van der Waals surface area contributed by atoms with E-state index in [1.54, 1.807) is 0 Å². The second-order valence-corrected chi connectivity index (χ2v) is 4.99. The van der Waals surface area contributed by atoms with E-state index in [1.807, 2.05) is 0 Å². The summed E-state index contributed by atoms with van der Waals surface area (Å²) in [5.41, 5.74) is 11.6. The van der Waals surface area contributed by atoms with Gasteiger partial charge in [-0.3, -0.25) is 0 Å². The average molecular weight is 241 g/mol. The molecule has 3 heteroatoms. The summed E-state index contributed by atoms with van der Waals surface area (Å²) in [6, 6.07) is 6.38. The summed E-state index contributed by atoms with van der Waals surface area (Å²) in [5, 5.41) is 0. The molecule has 94 valence electrons. The van der Waals surface area contributed by atoms with Gasteiger partial charge in [-0.25, -0.2) is 9.97 Å². The fraction of sp³-hybridized carbons (Fsp3) is 0.333. The monoisotopic (exact) mass is 241 g/mol. The van der Waals surface area contributed by atoms with E-state index in [9.17, 15) is 0 Å². The lowest BCUT2D eigenvalue weighted by Crippen LogP contribution is -2.04. The van der Waals surface area contributed by atoms with Crippen LogP contribution in [0.3, 0.4) is 0 Å². The smallest absolute Gasteiger partial charge is 0.130 e. The van der Waals surface area contributed by atoms with Crippen LogP contribution in [0, 0.1) is 13.8 Å². The topological polar surface area (TPSA) is 51.8 Å². The largest absolute Gasteiger partial charge is 0.383 e. The fourth-order valence-electron chi connectivity index (χ4n) is 2.27. The number of hydrogen-bond donors (Lipinski definition) is 1. The summed E-state index contributed by atoms with van der Waals surface area (Å²) in [6.45, 7) is 8.42. The minimum absolute atomic E-state index is 0.307. The molecular formula is C15H19N3. The Morgan fingerprint density at radius 1 is 1.11 bits per heavy atom. The number of aryl methyl sites for hydroxylation is 2. The Morgan fingerprint density at radius 2 is 1.83 bits per heavy atom. The van der Waals surface area contributed by atoms with Crippen molar-refractivity contribution in [3.8, 4) is 11.3 Å². The highest BCUT2D eigenvalue weighted by atomic mass is 14.9. The molecule has 18 heavy (non-hydrogen) atoms. The molecule has 0 radical (unpaired) electrons. The van der Waals surface area contributed by atoms with Crippen molar-refractivity contribution in [1.82, 2.24) is 9.97 Å². The Kier molecular flexibility index (Phi) is 3.32. The number of aromatic nitrogens is 2. The molecule has 0 atom stereocenters. The first-order valence-electron chi connectivity index (χ1n) is 6.18. The molecule has 1 heterocycles. The van der Waals surface area contributed by atoms with Crippen LogP contribution in [-0.2, 0) is 0 Å². The third kappa shape index (κ3) is 2.21. The normalized spacial score (nSPS) is 10.9. The van der Waals surface area contributed by atoms with Gasteiger partial charge in [-0.2, -0.15) is 0 Å². The van der Waals surface area contributed by atoms with Gasteiger partial charge >= 0.3 is 0 Å². The molecule has 2 N–H and O–H groups in total. The zero-order valence-electron chi connectivity index (χ0n) is 11.4. The molecule has 0 saturated heterocycles. The number of nitrogens with two attached hydrogens (primary N) is 1. The van der Waals surface area contributed by atoms with Crippen molar-refractivity contribution in [2.24, 2.45) is 0 Å². The fourth-order valence-corrected chi connectivity index (χ4v) is 2.27. The zero-order chi connectivity index (χ0) is 13.3. The maximum Gasteiger partial charge on any atom is 0.130 e. The molecule has 0 aliphatic carbocycles. The second kappa shape index (κ2) is 4.77. The number of hydrogen-bond acceptors (Lipinski definition) is 3. The van der Waals surface area contributed by atoms with Crippen molar-refractivity contribution in [1.29, 1.82) is 0 Å². The lowest BCUT2D eigenvalue weighted by atomic mass is 9.94. The van der Waals surface area contributed by atoms with Crippen molar-refractivity contribution < 1.29 is 0 Å². The van der Waals surface area contributed by atoms with Crippen LogP contribution in [0.2, 0.25) is 0 Å². The van der Waals surface area contributed by atoms with E-state index in [0.717, 1.165) is 16.8 Å². The minimum atomic E-state index is 0.307. The highest BCUT2D eigenvalue weighted by Crippen LogP contribution is 2.32.